The molecular formula is C19H24N2O2. The van der Waals surface area contributed by atoms with Crippen LogP contribution in [0.2, 0.25) is 0 Å². The number of likely N-dealkylation sites (N-methyl/N-ethyl adjacent to an activating group) is 1. The topological polar surface area (TPSA) is 41.6 Å². The molecule has 0 aromatic heterocycles. The first-order valence-corrected chi connectivity index (χ1v) is 7.99. The predicted molar refractivity (Wildman–Crippen MR) is 95.2 cm³/mol. The molecule has 122 valence electrons. The highest BCUT2D eigenvalue weighted by atomic mass is 16.5. The van der Waals surface area contributed by atoms with Crippen molar-refractivity contribution in [1.29, 1.82) is 0 Å². The number of hydrogen-bond donors (Lipinski definition) is 1. The van der Waals surface area contributed by atoms with Crippen molar-refractivity contribution < 1.29 is 9.53 Å². The molecule has 1 N–H and O–H groups in total. The van der Waals surface area contributed by atoms with Gasteiger partial charge >= 0.3 is 0 Å². The summed E-state index contributed by atoms with van der Waals surface area (Å²) in [6.07, 6.45) is 2.15. The van der Waals surface area contributed by atoms with Gasteiger partial charge in [0.05, 0.1) is 13.2 Å². The summed E-state index contributed by atoms with van der Waals surface area (Å²) in [5.41, 5.74) is 1.77. The Morgan fingerprint density at radius 3 is 2.65 bits per heavy atom. The average Bonchev–Trinajstić information content (AvgIpc) is 2.60. The zero-order chi connectivity index (χ0) is 16.5. The monoisotopic (exact) mass is 312 g/mol. The van der Waals surface area contributed by atoms with Gasteiger partial charge < -0.3 is 15.0 Å². The first-order valence-electron chi connectivity index (χ1n) is 7.99. The van der Waals surface area contributed by atoms with Crippen LogP contribution in [-0.2, 0) is 4.79 Å². The summed E-state index contributed by atoms with van der Waals surface area (Å²) in [5.74, 6) is 0.834. The van der Waals surface area contributed by atoms with Crippen molar-refractivity contribution in [2.45, 2.75) is 19.8 Å². The maximum Gasteiger partial charge on any atom is 0.246 e. The molecule has 4 heteroatoms. The SMILES string of the molecule is CCCCOc1cccc(NCC(=O)N(C)c2ccccc2)c1. The van der Waals surface area contributed by atoms with Crippen molar-refractivity contribution in [3.63, 3.8) is 0 Å². The second-order valence-electron chi connectivity index (χ2n) is 5.37. The molecule has 0 radical (unpaired) electrons. The summed E-state index contributed by atoms with van der Waals surface area (Å²) in [5, 5.41) is 3.15. The van der Waals surface area contributed by atoms with Gasteiger partial charge in [0.15, 0.2) is 0 Å². The molecule has 1 amide bonds. The number of unbranched alkanes of at least 4 members (excludes halogenated alkanes) is 1. The standard InChI is InChI=1S/C19H24N2O2/c1-3-4-13-23-18-12-8-9-16(14-18)20-15-19(22)21(2)17-10-6-5-7-11-17/h5-12,14,20H,3-4,13,15H2,1-2H3. The number of nitrogens with one attached hydrogen (secondary N) is 1. The Bertz CT molecular complexity index is 614. The molecule has 0 saturated heterocycles. The molecule has 0 unspecified atom stereocenters. The van der Waals surface area contributed by atoms with Crippen LogP contribution >= 0.6 is 0 Å². The lowest BCUT2D eigenvalue weighted by atomic mass is 10.3. The van der Waals surface area contributed by atoms with Crippen molar-refractivity contribution in [1.82, 2.24) is 0 Å². The molecular weight excluding hydrogens is 288 g/mol. The number of carbonyl (C=O) groups excluding carboxylic acids is 1. The number of benzene rings is 2. The highest BCUT2D eigenvalue weighted by molar-refractivity contribution is 5.95. The minimum atomic E-state index is 0.00787. The second kappa shape index (κ2) is 8.83. The first-order chi connectivity index (χ1) is 11.2. The number of anilines is 2. The number of para-hydroxylation sites is 1. The summed E-state index contributed by atoms with van der Waals surface area (Å²) >= 11 is 0. The zero-order valence-corrected chi connectivity index (χ0v) is 13.8. The summed E-state index contributed by atoms with van der Waals surface area (Å²) < 4.78 is 5.68. The van der Waals surface area contributed by atoms with Crippen molar-refractivity contribution in [2.75, 3.05) is 30.4 Å². The number of ether oxygens (including phenoxy) is 1. The molecule has 2 aromatic carbocycles. The van der Waals surface area contributed by atoms with E-state index in [1.54, 1.807) is 11.9 Å². The van der Waals surface area contributed by atoms with Crippen LogP contribution in [-0.4, -0.2) is 26.1 Å². The number of carbonyl (C=O) groups is 1. The van der Waals surface area contributed by atoms with Gasteiger partial charge in [0.25, 0.3) is 0 Å². The van der Waals surface area contributed by atoms with E-state index < -0.39 is 0 Å². The van der Waals surface area contributed by atoms with Crippen LogP contribution in [0.5, 0.6) is 5.75 Å². The molecule has 0 aliphatic carbocycles. The smallest absolute Gasteiger partial charge is 0.246 e. The Hall–Kier alpha value is -2.49. The van der Waals surface area contributed by atoms with Gasteiger partial charge in [-0.25, -0.2) is 0 Å². The third kappa shape index (κ3) is 5.33. The van der Waals surface area contributed by atoms with Crippen LogP contribution in [0, 0.1) is 0 Å². The maximum atomic E-state index is 12.2. The fourth-order valence-corrected chi connectivity index (χ4v) is 2.12. The van der Waals surface area contributed by atoms with Crippen molar-refractivity contribution in [3.05, 3.63) is 54.6 Å². The molecule has 0 bridgehead atoms. The first kappa shape index (κ1) is 16.9. The number of hydrogen-bond acceptors (Lipinski definition) is 3. The maximum absolute atomic E-state index is 12.2. The Balaban J connectivity index is 1.87. The second-order valence-corrected chi connectivity index (χ2v) is 5.37. The third-order valence-electron chi connectivity index (χ3n) is 3.56. The molecule has 0 aliphatic rings. The largest absolute Gasteiger partial charge is 0.494 e. The summed E-state index contributed by atoms with van der Waals surface area (Å²) in [6, 6.07) is 17.3. The lowest BCUT2D eigenvalue weighted by Crippen LogP contribution is -2.32. The van der Waals surface area contributed by atoms with Crippen LogP contribution in [0.15, 0.2) is 54.6 Å². The van der Waals surface area contributed by atoms with Gasteiger partial charge in [0, 0.05) is 24.5 Å². The number of amides is 1. The van der Waals surface area contributed by atoms with E-state index in [0.717, 1.165) is 36.6 Å². The average molecular weight is 312 g/mol. The van der Waals surface area contributed by atoms with Gasteiger partial charge in [-0.05, 0) is 30.7 Å². The molecule has 4 nitrogen and oxygen atoms in total. The van der Waals surface area contributed by atoms with Crippen molar-refractivity contribution >= 4 is 17.3 Å². The van der Waals surface area contributed by atoms with Gasteiger partial charge in [-0.3, -0.25) is 4.79 Å². The van der Waals surface area contributed by atoms with Gasteiger partial charge in [-0.1, -0.05) is 37.6 Å². The molecule has 2 rings (SSSR count). The van der Waals surface area contributed by atoms with E-state index in [1.807, 2.05) is 54.6 Å². The van der Waals surface area contributed by atoms with Gasteiger partial charge in [0.1, 0.15) is 5.75 Å². The van der Waals surface area contributed by atoms with Crippen LogP contribution in [0.3, 0.4) is 0 Å². The summed E-state index contributed by atoms with van der Waals surface area (Å²) in [7, 11) is 1.78. The van der Waals surface area contributed by atoms with E-state index in [2.05, 4.69) is 12.2 Å². The molecule has 2 aromatic rings. The van der Waals surface area contributed by atoms with E-state index >= 15 is 0 Å². The molecule has 0 saturated carbocycles. The Kier molecular flexibility index (Phi) is 6.48. The van der Waals surface area contributed by atoms with Crippen LogP contribution < -0.4 is 15.0 Å². The van der Waals surface area contributed by atoms with Crippen LogP contribution in [0.4, 0.5) is 11.4 Å². The Labute approximate surface area is 138 Å². The fourth-order valence-electron chi connectivity index (χ4n) is 2.12. The van der Waals surface area contributed by atoms with E-state index in [0.29, 0.717) is 0 Å². The van der Waals surface area contributed by atoms with Crippen molar-refractivity contribution in [3.8, 4) is 5.75 Å². The highest BCUT2D eigenvalue weighted by Crippen LogP contribution is 2.18. The Morgan fingerprint density at radius 2 is 1.91 bits per heavy atom. The fraction of sp³-hybridized carbons (Fsp3) is 0.316. The normalized spacial score (nSPS) is 10.2. The summed E-state index contributed by atoms with van der Waals surface area (Å²) in [6.45, 7) is 3.09. The summed E-state index contributed by atoms with van der Waals surface area (Å²) in [4.78, 5) is 13.9. The lowest BCUT2D eigenvalue weighted by Gasteiger charge is -2.18. The van der Waals surface area contributed by atoms with Crippen molar-refractivity contribution in [2.24, 2.45) is 0 Å². The highest BCUT2D eigenvalue weighted by Gasteiger charge is 2.10. The zero-order valence-electron chi connectivity index (χ0n) is 13.8. The van der Waals surface area contributed by atoms with Gasteiger partial charge in [0.2, 0.25) is 5.91 Å². The number of nitrogens with zero attached hydrogens (tertiary/aromatic N) is 1. The molecule has 0 fully saturated rings. The minimum absolute atomic E-state index is 0.00787. The van der Waals surface area contributed by atoms with E-state index in [4.69, 9.17) is 4.74 Å². The van der Waals surface area contributed by atoms with E-state index in [9.17, 15) is 4.79 Å². The minimum Gasteiger partial charge on any atom is -0.494 e. The molecule has 0 aliphatic heterocycles. The number of rotatable bonds is 8. The van der Waals surface area contributed by atoms with Gasteiger partial charge in [-0.2, -0.15) is 0 Å². The van der Waals surface area contributed by atoms with E-state index in [-0.39, 0.29) is 12.5 Å². The lowest BCUT2D eigenvalue weighted by molar-refractivity contribution is -0.116. The Morgan fingerprint density at radius 1 is 1.13 bits per heavy atom. The molecule has 0 atom stereocenters. The molecule has 0 spiro atoms. The van der Waals surface area contributed by atoms with Crippen LogP contribution in [0.25, 0.3) is 0 Å². The van der Waals surface area contributed by atoms with Gasteiger partial charge in [-0.15, -0.1) is 0 Å². The van der Waals surface area contributed by atoms with E-state index in [1.165, 1.54) is 0 Å². The molecule has 23 heavy (non-hydrogen) atoms. The third-order valence-corrected chi connectivity index (χ3v) is 3.56. The quantitative estimate of drug-likeness (QED) is 0.751. The predicted octanol–water partition coefficient (Wildman–Crippen LogP) is 3.94. The van der Waals surface area contributed by atoms with Crippen LogP contribution in [0.1, 0.15) is 19.8 Å². The molecule has 0 heterocycles.